The van der Waals surface area contributed by atoms with E-state index < -0.39 is 10.0 Å². The molecule has 0 unspecified atom stereocenters. The molecular formula is C20H24N2O4S. The zero-order valence-corrected chi connectivity index (χ0v) is 16.4. The molecule has 0 spiro atoms. The van der Waals surface area contributed by atoms with E-state index in [4.69, 9.17) is 4.74 Å². The molecule has 0 bridgehead atoms. The van der Waals surface area contributed by atoms with Crippen LogP contribution in [0.5, 0.6) is 5.75 Å². The van der Waals surface area contributed by atoms with Gasteiger partial charge in [-0.25, -0.2) is 13.1 Å². The van der Waals surface area contributed by atoms with Gasteiger partial charge in [-0.1, -0.05) is 19.1 Å². The Labute approximate surface area is 160 Å². The van der Waals surface area contributed by atoms with Crippen molar-refractivity contribution in [3.8, 4) is 5.75 Å². The topological polar surface area (TPSA) is 75.7 Å². The number of aryl methyl sites for hydroxylation is 1. The predicted octanol–water partition coefficient (Wildman–Crippen LogP) is 2.65. The molecule has 27 heavy (non-hydrogen) atoms. The maximum absolute atomic E-state index is 12.5. The molecule has 0 fully saturated rings. The van der Waals surface area contributed by atoms with Gasteiger partial charge in [0.05, 0.1) is 4.90 Å². The fraction of sp³-hybridized carbons (Fsp3) is 0.350. The van der Waals surface area contributed by atoms with Gasteiger partial charge in [-0.05, 0) is 54.8 Å². The highest BCUT2D eigenvalue weighted by Gasteiger charge is 2.25. The van der Waals surface area contributed by atoms with Crippen LogP contribution in [0, 0.1) is 6.92 Å². The number of anilines is 1. The normalized spacial score (nSPS) is 13.5. The number of carbonyl (C=O) groups is 1. The molecule has 2 aromatic rings. The number of benzene rings is 2. The molecule has 1 N–H and O–H groups in total. The lowest BCUT2D eigenvalue weighted by Gasteiger charge is -2.16. The van der Waals surface area contributed by atoms with Gasteiger partial charge in [0.1, 0.15) is 12.4 Å². The average Bonchev–Trinajstić information content (AvgIpc) is 3.08. The minimum atomic E-state index is -3.62. The summed E-state index contributed by atoms with van der Waals surface area (Å²) in [5.74, 6) is 0.767. The number of fused-ring (bicyclic) bond motifs is 1. The highest BCUT2D eigenvalue weighted by Crippen LogP contribution is 2.30. The van der Waals surface area contributed by atoms with Crippen LogP contribution in [-0.4, -0.2) is 34.0 Å². The molecule has 0 saturated heterocycles. The van der Waals surface area contributed by atoms with E-state index >= 15 is 0 Å². The molecule has 1 aliphatic heterocycles. The fourth-order valence-electron chi connectivity index (χ4n) is 3.13. The zero-order valence-electron chi connectivity index (χ0n) is 15.6. The summed E-state index contributed by atoms with van der Waals surface area (Å²) in [4.78, 5) is 13.9. The van der Waals surface area contributed by atoms with Crippen molar-refractivity contribution in [2.45, 2.75) is 31.6 Å². The standard InChI is InChI=1S/C20H24N2O4S/c1-3-20(23)22-11-9-16-14-18(7-8-19(16)22)27(24,25)21-10-12-26-17-6-4-5-15(2)13-17/h4-8,13-14,21H,3,9-12H2,1-2H3. The Bertz CT molecular complexity index is 941. The molecular weight excluding hydrogens is 364 g/mol. The number of sulfonamides is 1. The van der Waals surface area contributed by atoms with E-state index in [1.807, 2.05) is 38.1 Å². The van der Waals surface area contributed by atoms with Crippen LogP contribution in [0.25, 0.3) is 0 Å². The van der Waals surface area contributed by atoms with Crippen molar-refractivity contribution in [2.75, 3.05) is 24.6 Å². The Hall–Kier alpha value is -2.38. The molecule has 1 amide bonds. The molecule has 3 rings (SSSR count). The number of carbonyl (C=O) groups excluding carboxylic acids is 1. The van der Waals surface area contributed by atoms with Crippen molar-refractivity contribution in [2.24, 2.45) is 0 Å². The van der Waals surface area contributed by atoms with Crippen molar-refractivity contribution >= 4 is 21.6 Å². The van der Waals surface area contributed by atoms with Crippen molar-refractivity contribution in [3.05, 3.63) is 53.6 Å². The summed E-state index contributed by atoms with van der Waals surface area (Å²) in [5.41, 5.74) is 2.78. The van der Waals surface area contributed by atoms with Crippen LogP contribution in [0.15, 0.2) is 47.4 Å². The van der Waals surface area contributed by atoms with Crippen LogP contribution in [0.4, 0.5) is 5.69 Å². The molecule has 0 radical (unpaired) electrons. The van der Waals surface area contributed by atoms with Crippen LogP contribution in [0.2, 0.25) is 0 Å². The summed E-state index contributed by atoms with van der Waals surface area (Å²) in [6.07, 6.45) is 1.10. The van der Waals surface area contributed by atoms with Gasteiger partial charge in [-0.2, -0.15) is 0 Å². The van der Waals surface area contributed by atoms with Gasteiger partial charge in [-0.15, -0.1) is 0 Å². The second-order valence-corrected chi connectivity index (χ2v) is 8.27. The van der Waals surface area contributed by atoms with E-state index in [1.165, 1.54) is 0 Å². The lowest BCUT2D eigenvalue weighted by atomic mass is 10.2. The van der Waals surface area contributed by atoms with Crippen molar-refractivity contribution in [3.63, 3.8) is 0 Å². The summed E-state index contributed by atoms with van der Waals surface area (Å²) in [7, 11) is -3.62. The zero-order chi connectivity index (χ0) is 19.4. The Kier molecular flexibility index (Phi) is 5.82. The number of nitrogens with zero attached hydrogens (tertiary/aromatic N) is 1. The van der Waals surface area contributed by atoms with Gasteiger partial charge in [0.25, 0.3) is 0 Å². The minimum Gasteiger partial charge on any atom is -0.492 e. The van der Waals surface area contributed by atoms with E-state index in [2.05, 4.69) is 4.72 Å². The molecule has 1 aliphatic rings. The third-order valence-corrected chi connectivity index (χ3v) is 5.97. The van der Waals surface area contributed by atoms with Crippen LogP contribution in [0.3, 0.4) is 0 Å². The fourth-order valence-corrected chi connectivity index (χ4v) is 4.19. The molecule has 1 heterocycles. The third kappa shape index (κ3) is 4.48. The minimum absolute atomic E-state index is 0.0516. The smallest absolute Gasteiger partial charge is 0.240 e. The summed E-state index contributed by atoms with van der Waals surface area (Å²) in [5, 5.41) is 0. The van der Waals surface area contributed by atoms with E-state index in [9.17, 15) is 13.2 Å². The number of rotatable bonds is 7. The van der Waals surface area contributed by atoms with E-state index in [1.54, 1.807) is 23.1 Å². The monoisotopic (exact) mass is 388 g/mol. The second kappa shape index (κ2) is 8.10. The Balaban J connectivity index is 1.61. The largest absolute Gasteiger partial charge is 0.492 e. The average molecular weight is 388 g/mol. The highest BCUT2D eigenvalue weighted by atomic mass is 32.2. The van der Waals surface area contributed by atoms with Crippen LogP contribution < -0.4 is 14.4 Å². The van der Waals surface area contributed by atoms with Gasteiger partial charge in [-0.3, -0.25) is 4.79 Å². The number of amides is 1. The van der Waals surface area contributed by atoms with Crippen molar-refractivity contribution < 1.29 is 17.9 Å². The first-order valence-corrected chi connectivity index (χ1v) is 10.5. The maximum atomic E-state index is 12.5. The van der Waals surface area contributed by atoms with Crippen LogP contribution >= 0.6 is 0 Å². The first kappa shape index (κ1) is 19.4. The van der Waals surface area contributed by atoms with Crippen LogP contribution in [-0.2, 0) is 21.2 Å². The SMILES string of the molecule is CCC(=O)N1CCc2cc(S(=O)(=O)NCCOc3cccc(C)c3)ccc21. The number of hydrogen-bond donors (Lipinski definition) is 1. The summed E-state index contributed by atoms with van der Waals surface area (Å²) >= 11 is 0. The molecule has 144 valence electrons. The van der Waals surface area contributed by atoms with Gasteiger partial charge in [0, 0.05) is 25.2 Å². The number of hydrogen-bond acceptors (Lipinski definition) is 4. The van der Waals surface area contributed by atoms with Gasteiger partial charge < -0.3 is 9.64 Å². The quantitative estimate of drug-likeness (QED) is 0.740. The lowest BCUT2D eigenvalue weighted by molar-refractivity contribution is -0.118. The Morgan fingerprint density at radius 1 is 1.22 bits per heavy atom. The molecule has 0 aliphatic carbocycles. The second-order valence-electron chi connectivity index (χ2n) is 6.50. The Morgan fingerprint density at radius 2 is 2.04 bits per heavy atom. The van der Waals surface area contributed by atoms with Gasteiger partial charge in [0.2, 0.25) is 15.9 Å². The summed E-state index contributed by atoms with van der Waals surface area (Å²) in [6, 6.07) is 12.5. The highest BCUT2D eigenvalue weighted by molar-refractivity contribution is 7.89. The summed E-state index contributed by atoms with van der Waals surface area (Å²) in [6.45, 7) is 4.81. The van der Waals surface area contributed by atoms with E-state index in [0.717, 1.165) is 16.8 Å². The van der Waals surface area contributed by atoms with E-state index in [-0.39, 0.29) is 24.0 Å². The first-order valence-electron chi connectivity index (χ1n) is 9.03. The molecule has 2 aromatic carbocycles. The summed E-state index contributed by atoms with van der Waals surface area (Å²) < 4.78 is 33.2. The predicted molar refractivity (Wildman–Crippen MR) is 105 cm³/mol. The number of nitrogens with one attached hydrogen (secondary N) is 1. The van der Waals surface area contributed by atoms with Crippen molar-refractivity contribution in [1.82, 2.24) is 4.72 Å². The molecule has 0 saturated carbocycles. The molecule has 0 atom stereocenters. The van der Waals surface area contributed by atoms with E-state index in [0.29, 0.717) is 25.1 Å². The molecule has 6 nitrogen and oxygen atoms in total. The molecule has 7 heteroatoms. The van der Waals surface area contributed by atoms with Crippen molar-refractivity contribution in [1.29, 1.82) is 0 Å². The Morgan fingerprint density at radius 3 is 2.78 bits per heavy atom. The third-order valence-electron chi connectivity index (χ3n) is 4.51. The molecule has 0 aromatic heterocycles. The van der Waals surface area contributed by atoms with Gasteiger partial charge >= 0.3 is 0 Å². The van der Waals surface area contributed by atoms with Crippen LogP contribution in [0.1, 0.15) is 24.5 Å². The lowest BCUT2D eigenvalue weighted by Crippen LogP contribution is -2.29. The first-order chi connectivity index (χ1) is 12.9. The maximum Gasteiger partial charge on any atom is 0.240 e. The number of ether oxygens (including phenoxy) is 1. The van der Waals surface area contributed by atoms with Gasteiger partial charge in [0.15, 0.2) is 0 Å².